The lowest BCUT2D eigenvalue weighted by atomic mass is 10.2. The third-order valence-corrected chi connectivity index (χ3v) is 3.98. The van der Waals surface area contributed by atoms with Crippen molar-refractivity contribution in [1.29, 1.82) is 0 Å². The van der Waals surface area contributed by atoms with Crippen LogP contribution < -0.4 is 20.9 Å². The fourth-order valence-corrected chi connectivity index (χ4v) is 2.78. The largest absolute Gasteiger partial charge is 0.447 e. The highest BCUT2D eigenvalue weighted by atomic mass is 32.1. The molecule has 0 bridgehead atoms. The monoisotopic (exact) mass is 354 g/mol. The quantitative estimate of drug-likeness (QED) is 0.760. The summed E-state index contributed by atoms with van der Waals surface area (Å²) in [6.45, 7) is 0.740. The zero-order valence-corrected chi connectivity index (χ0v) is 13.3. The molecule has 24 heavy (non-hydrogen) atoms. The number of halogens is 1. The Morgan fingerprint density at radius 2 is 2.21 bits per heavy atom. The number of amides is 2. The van der Waals surface area contributed by atoms with Gasteiger partial charge in [-0.1, -0.05) is 12.2 Å². The predicted molar refractivity (Wildman–Crippen MR) is 87.5 cm³/mol. The number of anilines is 2. The molecule has 3 N–H and O–H groups in total. The Morgan fingerprint density at radius 1 is 1.42 bits per heavy atom. The van der Waals surface area contributed by atoms with Gasteiger partial charge in [0.25, 0.3) is 0 Å². The molecule has 2 atom stereocenters. The summed E-state index contributed by atoms with van der Waals surface area (Å²) < 4.78 is 24.2. The van der Waals surface area contributed by atoms with Gasteiger partial charge in [-0.25, -0.2) is 14.0 Å². The topological polar surface area (TPSA) is 97.1 Å². The lowest BCUT2D eigenvalue weighted by Gasteiger charge is -2.24. The van der Waals surface area contributed by atoms with Crippen LogP contribution in [0.15, 0.2) is 18.2 Å². The Hall–Kier alpha value is -2.46. The zero-order valence-electron chi connectivity index (χ0n) is 12.5. The summed E-state index contributed by atoms with van der Waals surface area (Å²) >= 11 is 4.69. The Balaban J connectivity index is 1.88. The fraction of sp³-hybridized carbons (Fsp3) is 0.357. The lowest BCUT2D eigenvalue weighted by Crippen LogP contribution is -2.47. The number of nitrogens with zero attached hydrogens (tertiary/aromatic N) is 2. The number of thiocarbonyl (C=S) groups is 1. The van der Waals surface area contributed by atoms with E-state index in [0.29, 0.717) is 0 Å². The minimum absolute atomic E-state index is 0.0895. The van der Waals surface area contributed by atoms with Gasteiger partial charge in [0.15, 0.2) is 6.23 Å². The Kier molecular flexibility index (Phi) is 4.49. The molecule has 2 heterocycles. The van der Waals surface area contributed by atoms with Crippen molar-refractivity contribution in [2.75, 3.05) is 29.5 Å². The van der Waals surface area contributed by atoms with E-state index in [4.69, 9.17) is 15.2 Å². The van der Waals surface area contributed by atoms with Gasteiger partial charge in [-0.15, -0.1) is 0 Å². The number of hydrogen-bond donors (Lipinski definition) is 2. The van der Waals surface area contributed by atoms with Gasteiger partial charge >= 0.3 is 12.2 Å². The van der Waals surface area contributed by atoms with E-state index in [1.54, 1.807) is 0 Å². The summed E-state index contributed by atoms with van der Waals surface area (Å²) in [7, 11) is 0. The van der Waals surface area contributed by atoms with Crippen LogP contribution in [0.3, 0.4) is 0 Å². The standard InChI is InChI=1S/C14H15FN4O4S/c15-9-5-8(1-2-10(9)18-3-4-22-13(18)20)19-11(6-17-7-24)12(16)23-14(19)21/h1-2,5,7,11-12H,3-4,6,16H2,(H,17,24)/t11?,12-/m0/s1. The normalized spacial score (nSPS) is 23.2. The second-order valence-electron chi connectivity index (χ2n) is 5.21. The van der Waals surface area contributed by atoms with E-state index in [0.717, 1.165) is 6.07 Å². The number of ether oxygens (including phenoxy) is 2. The molecule has 1 aromatic carbocycles. The molecule has 1 unspecified atom stereocenters. The van der Waals surface area contributed by atoms with E-state index in [2.05, 4.69) is 17.5 Å². The number of cyclic esters (lactones) is 2. The van der Waals surface area contributed by atoms with Crippen LogP contribution in [0.25, 0.3) is 0 Å². The summed E-state index contributed by atoms with van der Waals surface area (Å²) in [6, 6.07) is 3.55. The molecule has 2 saturated heterocycles. The molecule has 128 valence electrons. The van der Waals surface area contributed by atoms with Gasteiger partial charge in [-0.2, -0.15) is 0 Å². The average molecular weight is 354 g/mol. The molecule has 2 amide bonds. The molecule has 0 spiro atoms. The van der Waals surface area contributed by atoms with Crippen molar-refractivity contribution in [2.24, 2.45) is 5.73 Å². The second-order valence-corrected chi connectivity index (χ2v) is 5.45. The molecule has 0 aliphatic carbocycles. The number of carbonyl (C=O) groups excluding carboxylic acids is 2. The Morgan fingerprint density at radius 3 is 2.83 bits per heavy atom. The first kappa shape index (κ1) is 16.4. The van der Waals surface area contributed by atoms with Crippen molar-refractivity contribution in [2.45, 2.75) is 12.3 Å². The van der Waals surface area contributed by atoms with Crippen molar-refractivity contribution in [3.63, 3.8) is 0 Å². The molecule has 2 aliphatic rings. The van der Waals surface area contributed by atoms with Gasteiger partial charge in [0, 0.05) is 6.54 Å². The molecule has 0 radical (unpaired) electrons. The molecule has 3 rings (SSSR count). The van der Waals surface area contributed by atoms with Gasteiger partial charge in [0.2, 0.25) is 0 Å². The maximum Gasteiger partial charge on any atom is 0.416 e. The Labute approximate surface area is 142 Å². The van der Waals surface area contributed by atoms with E-state index in [-0.39, 0.29) is 31.1 Å². The number of rotatable bonds is 5. The summed E-state index contributed by atoms with van der Waals surface area (Å²) in [6.07, 6.45) is -2.14. The highest BCUT2D eigenvalue weighted by molar-refractivity contribution is 7.78. The first-order valence-electron chi connectivity index (χ1n) is 7.19. The SMILES string of the molecule is N[C@H]1OC(=O)N(c2ccc(N3CCOC3=O)c(F)c2)C1CNC=S. The summed E-state index contributed by atoms with van der Waals surface area (Å²) in [5.41, 5.74) is 7.46. The fourth-order valence-electron chi connectivity index (χ4n) is 2.68. The highest BCUT2D eigenvalue weighted by Crippen LogP contribution is 2.30. The van der Waals surface area contributed by atoms with Gasteiger partial charge in [0.05, 0.1) is 23.4 Å². The summed E-state index contributed by atoms with van der Waals surface area (Å²) in [4.78, 5) is 26.0. The number of carbonyl (C=O) groups is 2. The predicted octanol–water partition coefficient (Wildman–Crippen LogP) is 0.939. The van der Waals surface area contributed by atoms with E-state index >= 15 is 0 Å². The van der Waals surface area contributed by atoms with Crippen LogP contribution in [0.1, 0.15) is 0 Å². The molecule has 1 aromatic rings. The first-order valence-corrected chi connectivity index (χ1v) is 7.66. The van der Waals surface area contributed by atoms with Gasteiger partial charge in [0.1, 0.15) is 18.5 Å². The minimum Gasteiger partial charge on any atom is -0.447 e. The van der Waals surface area contributed by atoms with Gasteiger partial charge in [-0.05, 0) is 18.2 Å². The highest BCUT2D eigenvalue weighted by Gasteiger charge is 2.41. The molecule has 2 aliphatic heterocycles. The third-order valence-electron chi connectivity index (χ3n) is 3.82. The maximum absolute atomic E-state index is 14.4. The number of nitrogens with two attached hydrogens (primary N) is 1. The summed E-state index contributed by atoms with van der Waals surface area (Å²) in [5.74, 6) is -0.652. The lowest BCUT2D eigenvalue weighted by molar-refractivity contribution is 0.135. The molecule has 0 saturated carbocycles. The number of hydrogen-bond acceptors (Lipinski definition) is 6. The van der Waals surface area contributed by atoms with Crippen molar-refractivity contribution in [1.82, 2.24) is 5.32 Å². The first-order chi connectivity index (χ1) is 11.5. The average Bonchev–Trinajstić information content (AvgIpc) is 3.08. The van der Waals surface area contributed by atoms with Crippen LogP contribution in [0.4, 0.5) is 25.4 Å². The molecule has 10 heteroatoms. The maximum atomic E-state index is 14.4. The minimum atomic E-state index is -0.865. The van der Waals surface area contributed by atoms with Gasteiger partial charge in [-0.3, -0.25) is 15.5 Å². The van der Waals surface area contributed by atoms with Crippen LogP contribution in [0.5, 0.6) is 0 Å². The number of benzene rings is 1. The van der Waals surface area contributed by atoms with Gasteiger partial charge < -0.3 is 14.8 Å². The van der Waals surface area contributed by atoms with E-state index in [9.17, 15) is 14.0 Å². The van der Waals surface area contributed by atoms with Crippen molar-refractivity contribution >= 4 is 41.3 Å². The second kappa shape index (κ2) is 6.57. The van der Waals surface area contributed by atoms with Crippen molar-refractivity contribution < 1.29 is 23.5 Å². The van der Waals surface area contributed by atoms with Crippen LogP contribution in [0, 0.1) is 5.82 Å². The molecular formula is C14H15FN4O4S. The zero-order chi connectivity index (χ0) is 17.3. The molecule has 0 aromatic heterocycles. The van der Waals surface area contributed by atoms with Crippen LogP contribution in [-0.2, 0) is 9.47 Å². The van der Waals surface area contributed by atoms with Crippen LogP contribution in [-0.4, -0.2) is 49.6 Å². The van der Waals surface area contributed by atoms with E-state index < -0.39 is 30.3 Å². The molecule has 2 fully saturated rings. The van der Waals surface area contributed by atoms with Crippen molar-refractivity contribution in [3.8, 4) is 0 Å². The molecule has 8 nitrogen and oxygen atoms in total. The molecular weight excluding hydrogens is 339 g/mol. The van der Waals surface area contributed by atoms with Crippen LogP contribution in [0.2, 0.25) is 0 Å². The number of nitrogens with one attached hydrogen (secondary N) is 1. The summed E-state index contributed by atoms with van der Waals surface area (Å²) in [5, 5.41) is 2.79. The van der Waals surface area contributed by atoms with E-state index in [1.165, 1.54) is 27.4 Å². The smallest absolute Gasteiger partial charge is 0.416 e. The van der Waals surface area contributed by atoms with E-state index in [1.807, 2.05) is 0 Å². The van der Waals surface area contributed by atoms with Crippen molar-refractivity contribution in [3.05, 3.63) is 24.0 Å². The third kappa shape index (κ3) is 2.85. The Bertz CT molecular complexity index is 689. The van der Waals surface area contributed by atoms with Crippen LogP contribution >= 0.6 is 12.2 Å².